The zero-order chi connectivity index (χ0) is 40.8. The maximum atomic E-state index is 13.2. The SMILES string of the molecule is CC.CC(C)(C)OC(=O)NCC(=O)OC(C)(C)COc1ccc2c(C(N)=O)cnn2c1.C[C@@H](CC1CCC1)c1nn(C(C2CC2)C2CC2)c(=O)c2ccccc12. The van der Waals surface area contributed by atoms with Gasteiger partial charge in [0, 0.05) is 11.3 Å². The van der Waals surface area contributed by atoms with E-state index in [1.54, 1.807) is 52.9 Å². The molecule has 0 radical (unpaired) electrons. The number of benzene rings is 1. The maximum Gasteiger partial charge on any atom is 0.408 e. The number of carbonyl (C=O) groups excluding carboxylic acids is 3. The summed E-state index contributed by atoms with van der Waals surface area (Å²) < 4.78 is 19.5. The first-order valence-electron chi connectivity index (χ1n) is 20.2. The van der Waals surface area contributed by atoms with Crippen molar-refractivity contribution in [2.75, 3.05) is 13.2 Å². The fraction of sp³-hybridized carbons (Fsp3) is 0.581. The van der Waals surface area contributed by atoms with Crippen LogP contribution < -0.4 is 21.3 Å². The first-order valence-corrected chi connectivity index (χ1v) is 20.2. The van der Waals surface area contributed by atoms with E-state index < -0.39 is 29.2 Å². The number of aromatic nitrogens is 4. The van der Waals surface area contributed by atoms with Crippen LogP contribution in [0.15, 0.2) is 53.6 Å². The molecule has 0 unspecified atom stereocenters. The van der Waals surface area contributed by atoms with Gasteiger partial charge >= 0.3 is 12.1 Å². The quantitative estimate of drug-likeness (QED) is 0.129. The molecule has 0 bridgehead atoms. The molecular weight excluding hydrogens is 713 g/mol. The smallest absolute Gasteiger partial charge is 0.408 e. The number of rotatable bonds is 13. The van der Waals surface area contributed by atoms with E-state index in [1.165, 1.54) is 62.1 Å². The number of carbonyl (C=O) groups is 3. The van der Waals surface area contributed by atoms with Crippen molar-refractivity contribution in [3.63, 3.8) is 0 Å². The van der Waals surface area contributed by atoms with Gasteiger partial charge in [-0.25, -0.2) is 14.0 Å². The fourth-order valence-electron chi connectivity index (χ4n) is 7.13. The third-order valence-electron chi connectivity index (χ3n) is 10.2. The van der Waals surface area contributed by atoms with E-state index in [9.17, 15) is 19.2 Å². The van der Waals surface area contributed by atoms with Crippen molar-refractivity contribution >= 4 is 34.3 Å². The molecule has 2 amide bonds. The van der Waals surface area contributed by atoms with Crippen LogP contribution in [0, 0.1) is 17.8 Å². The second kappa shape index (κ2) is 17.9. The average Bonchev–Trinajstić information content (AvgIpc) is 4.08. The molecule has 0 saturated heterocycles. The van der Waals surface area contributed by atoms with Gasteiger partial charge in [-0.15, -0.1) is 0 Å². The number of primary amides is 1. The molecule has 3 fully saturated rings. The summed E-state index contributed by atoms with van der Waals surface area (Å²) in [5.74, 6) is 1.94. The van der Waals surface area contributed by atoms with Gasteiger partial charge in [-0.2, -0.15) is 10.2 Å². The maximum absolute atomic E-state index is 13.2. The molecule has 0 aliphatic heterocycles. The van der Waals surface area contributed by atoms with Crippen molar-refractivity contribution in [2.45, 2.75) is 130 Å². The van der Waals surface area contributed by atoms with Crippen LogP contribution in [0.5, 0.6) is 5.75 Å². The fourth-order valence-corrected chi connectivity index (χ4v) is 7.13. The molecule has 13 nitrogen and oxygen atoms in total. The molecule has 3 aliphatic rings. The van der Waals surface area contributed by atoms with Crippen LogP contribution in [0.4, 0.5) is 4.79 Å². The number of fused-ring (bicyclic) bond motifs is 2. The number of nitrogens with zero attached hydrogens (tertiary/aromatic N) is 4. The Morgan fingerprint density at radius 3 is 2.14 bits per heavy atom. The number of hydrogen-bond donors (Lipinski definition) is 2. The zero-order valence-corrected chi connectivity index (χ0v) is 34.3. The first kappa shape index (κ1) is 42.2. The minimum atomic E-state index is -0.954. The number of ether oxygens (including phenoxy) is 3. The summed E-state index contributed by atoms with van der Waals surface area (Å²) in [6.45, 7) is 14.6. The van der Waals surface area contributed by atoms with Crippen LogP contribution in [-0.4, -0.2) is 61.7 Å². The Hall–Kier alpha value is -4.94. The highest BCUT2D eigenvalue weighted by molar-refractivity contribution is 5.99. The van der Waals surface area contributed by atoms with E-state index >= 15 is 0 Å². The van der Waals surface area contributed by atoms with Crippen molar-refractivity contribution < 1.29 is 28.6 Å². The number of hydrogen-bond acceptors (Lipinski definition) is 9. The lowest BCUT2D eigenvalue weighted by Crippen LogP contribution is -2.40. The standard InChI is InChI=1S/C22H28N2O.C19H26N4O6.C2H6/c1-14(13-15-5-4-6-15)20-18-7-2-3-8-19(18)22(25)24(23-20)21(16-9-10-16)17-11-12-17;1-18(2,3)29-17(26)21-9-15(24)28-19(4,5)11-27-12-6-7-14-13(16(20)25)8-22-23(14)10-12;1-2/h2-3,7-8,14-17,21H,4-6,9-13H2,1H3;6-8,10H,9,11H2,1-5H3,(H2,20,25)(H,21,26);1-2H3/t14-;;/m0../s1. The van der Waals surface area contributed by atoms with Crippen LogP contribution in [0.1, 0.15) is 135 Å². The van der Waals surface area contributed by atoms with Crippen molar-refractivity contribution in [1.29, 1.82) is 0 Å². The van der Waals surface area contributed by atoms with Gasteiger partial charge in [-0.3, -0.25) is 14.4 Å². The summed E-state index contributed by atoms with van der Waals surface area (Å²) in [6.07, 6.45) is 12.7. The normalized spacial score (nSPS) is 16.2. The lowest BCUT2D eigenvalue weighted by Gasteiger charge is -2.29. The highest BCUT2D eigenvalue weighted by Crippen LogP contribution is 2.51. The minimum Gasteiger partial charge on any atom is -0.488 e. The molecule has 1 atom stereocenters. The van der Waals surface area contributed by atoms with Crippen LogP contribution in [0.25, 0.3) is 16.3 Å². The van der Waals surface area contributed by atoms with Crippen LogP contribution in [0.2, 0.25) is 0 Å². The number of esters is 1. The number of amides is 2. The Labute approximate surface area is 329 Å². The molecule has 3 aliphatic carbocycles. The van der Waals surface area contributed by atoms with Gasteiger partial charge < -0.3 is 25.3 Å². The largest absolute Gasteiger partial charge is 0.488 e. The summed E-state index contributed by atoms with van der Waals surface area (Å²) in [6, 6.07) is 11.8. The summed E-state index contributed by atoms with van der Waals surface area (Å²) in [5.41, 5.74) is 5.85. The molecule has 3 N–H and O–H groups in total. The molecule has 56 heavy (non-hydrogen) atoms. The van der Waals surface area contributed by atoms with Crippen molar-refractivity contribution in [1.82, 2.24) is 24.7 Å². The van der Waals surface area contributed by atoms with Gasteiger partial charge in [-0.05, 0) is 103 Å². The molecule has 3 heterocycles. The summed E-state index contributed by atoms with van der Waals surface area (Å²) >= 11 is 0. The Balaban J connectivity index is 0.000000207. The van der Waals surface area contributed by atoms with E-state index in [1.807, 2.05) is 36.7 Å². The third kappa shape index (κ3) is 11.1. The van der Waals surface area contributed by atoms with Gasteiger partial charge in [0.1, 0.15) is 30.1 Å². The number of alkyl carbamates (subject to hydrolysis) is 1. The predicted molar refractivity (Wildman–Crippen MR) is 216 cm³/mol. The molecule has 0 spiro atoms. The number of pyridine rings is 1. The van der Waals surface area contributed by atoms with E-state index in [0.717, 1.165) is 22.4 Å². The van der Waals surface area contributed by atoms with Gasteiger partial charge in [0.15, 0.2) is 0 Å². The molecular formula is C43H60N6O7. The highest BCUT2D eigenvalue weighted by atomic mass is 16.6. The predicted octanol–water partition coefficient (Wildman–Crippen LogP) is 7.74. The molecule has 4 aromatic rings. The summed E-state index contributed by atoms with van der Waals surface area (Å²) in [5, 5.41) is 13.4. The number of nitrogens with two attached hydrogens (primary N) is 1. The van der Waals surface area contributed by atoms with Gasteiger partial charge in [-0.1, -0.05) is 58.2 Å². The monoisotopic (exact) mass is 772 g/mol. The Bertz CT molecular complexity index is 2040. The van der Waals surface area contributed by atoms with Gasteiger partial charge in [0.25, 0.3) is 11.5 Å². The lowest BCUT2D eigenvalue weighted by atomic mass is 9.78. The van der Waals surface area contributed by atoms with Crippen molar-refractivity contribution in [3.8, 4) is 5.75 Å². The van der Waals surface area contributed by atoms with Crippen molar-refractivity contribution in [3.05, 3.63) is 70.4 Å². The molecule has 3 aromatic heterocycles. The topological polar surface area (TPSA) is 169 Å². The summed E-state index contributed by atoms with van der Waals surface area (Å²) in [4.78, 5) is 48.1. The van der Waals surface area contributed by atoms with E-state index in [0.29, 0.717) is 40.6 Å². The Morgan fingerprint density at radius 2 is 1.57 bits per heavy atom. The zero-order valence-electron chi connectivity index (χ0n) is 34.3. The highest BCUT2D eigenvalue weighted by Gasteiger charge is 2.44. The molecule has 1 aromatic carbocycles. The van der Waals surface area contributed by atoms with Crippen LogP contribution in [-0.2, 0) is 14.3 Å². The summed E-state index contributed by atoms with van der Waals surface area (Å²) in [7, 11) is 0. The van der Waals surface area contributed by atoms with Crippen LogP contribution in [0.3, 0.4) is 0 Å². The van der Waals surface area contributed by atoms with Crippen molar-refractivity contribution in [2.24, 2.45) is 23.5 Å². The lowest BCUT2D eigenvalue weighted by molar-refractivity contribution is -0.157. The molecule has 7 rings (SSSR count). The minimum absolute atomic E-state index is 0.0562. The second-order valence-electron chi connectivity index (χ2n) is 16.8. The molecule has 304 valence electrons. The first-order chi connectivity index (χ1) is 26.6. The Morgan fingerprint density at radius 1 is 0.929 bits per heavy atom. The molecule has 13 heteroatoms. The Kier molecular flexibility index (Phi) is 13.5. The number of nitrogens with one attached hydrogen (secondary N) is 1. The van der Waals surface area contributed by atoms with E-state index in [2.05, 4.69) is 23.4 Å². The van der Waals surface area contributed by atoms with Crippen LogP contribution >= 0.6 is 0 Å². The van der Waals surface area contributed by atoms with E-state index in [-0.39, 0.29) is 18.7 Å². The van der Waals surface area contributed by atoms with E-state index in [4.69, 9.17) is 25.0 Å². The van der Waals surface area contributed by atoms with Gasteiger partial charge in [0.2, 0.25) is 0 Å². The average molecular weight is 773 g/mol. The molecule has 3 saturated carbocycles. The van der Waals surface area contributed by atoms with Gasteiger partial charge in [0.05, 0.1) is 40.6 Å². The second-order valence-corrected chi connectivity index (χ2v) is 16.8. The third-order valence-corrected chi connectivity index (χ3v) is 10.2.